The fraction of sp³-hybridized carbons (Fsp3) is 0.364. The van der Waals surface area contributed by atoms with E-state index in [4.69, 9.17) is 28.9 Å². The van der Waals surface area contributed by atoms with E-state index in [0.29, 0.717) is 16.5 Å². The summed E-state index contributed by atoms with van der Waals surface area (Å²) in [4.78, 5) is 11.0. The summed E-state index contributed by atoms with van der Waals surface area (Å²) in [6, 6.07) is 4.84. The molecule has 5 heteroatoms. The minimum absolute atomic E-state index is 0.274. The minimum Gasteiger partial charge on any atom is -0.469 e. The van der Waals surface area contributed by atoms with E-state index in [1.807, 2.05) is 0 Å². The number of carbonyl (C=O) groups is 1. The molecule has 1 aromatic carbocycles. The van der Waals surface area contributed by atoms with Gasteiger partial charge in [0, 0.05) is 22.5 Å². The smallest absolute Gasteiger partial charge is 0.305 e. The van der Waals surface area contributed by atoms with Crippen LogP contribution >= 0.6 is 23.2 Å². The summed E-state index contributed by atoms with van der Waals surface area (Å²) < 4.78 is 4.54. The molecule has 0 heterocycles. The molecule has 0 bridgehead atoms. The van der Waals surface area contributed by atoms with Crippen LogP contribution in [0.15, 0.2) is 18.2 Å². The Morgan fingerprint density at radius 3 is 2.75 bits per heavy atom. The summed E-state index contributed by atoms with van der Waals surface area (Å²) in [5.41, 5.74) is 6.70. The van der Waals surface area contributed by atoms with E-state index in [1.54, 1.807) is 18.2 Å². The van der Waals surface area contributed by atoms with Gasteiger partial charge in [-0.3, -0.25) is 4.79 Å². The molecule has 0 saturated heterocycles. The van der Waals surface area contributed by atoms with Crippen LogP contribution in [0.2, 0.25) is 10.0 Å². The number of carbonyl (C=O) groups excluding carboxylic acids is 1. The van der Waals surface area contributed by atoms with Crippen LogP contribution in [-0.2, 0) is 9.53 Å². The van der Waals surface area contributed by atoms with Crippen LogP contribution in [0.5, 0.6) is 0 Å². The summed E-state index contributed by atoms with van der Waals surface area (Å²) in [5.74, 6) is -0.277. The van der Waals surface area contributed by atoms with E-state index >= 15 is 0 Å². The number of methoxy groups -OCH3 is 1. The number of nitrogens with two attached hydrogens (primary N) is 1. The second kappa shape index (κ2) is 6.09. The van der Waals surface area contributed by atoms with Crippen LogP contribution in [0.3, 0.4) is 0 Å². The fourth-order valence-corrected chi connectivity index (χ4v) is 1.88. The van der Waals surface area contributed by atoms with Gasteiger partial charge in [-0.05, 0) is 24.1 Å². The number of halogens is 2. The van der Waals surface area contributed by atoms with Crippen LogP contribution in [0.4, 0.5) is 0 Å². The van der Waals surface area contributed by atoms with Crippen LogP contribution in [-0.4, -0.2) is 13.1 Å². The van der Waals surface area contributed by atoms with Crippen LogP contribution in [0.1, 0.15) is 24.4 Å². The standard InChI is InChI=1S/C11H13Cl2NO2/c1-16-11(15)5-4-10(14)8-3-2-7(12)6-9(8)13/h2-3,6,10H,4-5,14H2,1H3. The number of rotatable bonds is 4. The topological polar surface area (TPSA) is 52.3 Å². The summed E-state index contributed by atoms with van der Waals surface area (Å²) in [7, 11) is 1.35. The maximum atomic E-state index is 11.0. The molecule has 1 aromatic rings. The van der Waals surface area contributed by atoms with Crippen molar-refractivity contribution in [2.24, 2.45) is 5.73 Å². The first kappa shape index (κ1) is 13.3. The van der Waals surface area contributed by atoms with E-state index < -0.39 is 0 Å². The van der Waals surface area contributed by atoms with Crippen molar-refractivity contribution in [2.45, 2.75) is 18.9 Å². The highest BCUT2D eigenvalue weighted by atomic mass is 35.5. The molecule has 0 aromatic heterocycles. The summed E-state index contributed by atoms with van der Waals surface area (Å²) in [5, 5.41) is 1.08. The number of benzene rings is 1. The molecule has 0 saturated carbocycles. The van der Waals surface area contributed by atoms with E-state index in [2.05, 4.69) is 4.74 Å². The zero-order valence-electron chi connectivity index (χ0n) is 8.87. The number of hydrogen-bond donors (Lipinski definition) is 1. The lowest BCUT2D eigenvalue weighted by atomic mass is 10.0. The highest BCUT2D eigenvalue weighted by molar-refractivity contribution is 6.35. The molecule has 0 radical (unpaired) electrons. The average molecular weight is 262 g/mol. The summed E-state index contributed by atoms with van der Waals surface area (Å²) >= 11 is 11.8. The second-order valence-electron chi connectivity index (χ2n) is 3.39. The molecule has 0 aliphatic carbocycles. The molecule has 16 heavy (non-hydrogen) atoms. The van der Waals surface area contributed by atoms with Crippen molar-refractivity contribution in [3.63, 3.8) is 0 Å². The van der Waals surface area contributed by atoms with E-state index in [9.17, 15) is 4.79 Å². The van der Waals surface area contributed by atoms with E-state index in [0.717, 1.165) is 5.56 Å². The SMILES string of the molecule is COC(=O)CCC(N)c1ccc(Cl)cc1Cl. The Labute approximate surface area is 104 Å². The van der Waals surface area contributed by atoms with Crippen molar-refractivity contribution in [3.05, 3.63) is 33.8 Å². The normalized spacial score (nSPS) is 12.2. The lowest BCUT2D eigenvalue weighted by Crippen LogP contribution is -2.13. The van der Waals surface area contributed by atoms with Crippen molar-refractivity contribution in [1.29, 1.82) is 0 Å². The first-order valence-electron chi connectivity index (χ1n) is 4.82. The average Bonchev–Trinajstić information content (AvgIpc) is 2.25. The van der Waals surface area contributed by atoms with Crippen molar-refractivity contribution < 1.29 is 9.53 Å². The number of esters is 1. The van der Waals surface area contributed by atoms with Gasteiger partial charge in [0.2, 0.25) is 0 Å². The van der Waals surface area contributed by atoms with Crippen molar-refractivity contribution >= 4 is 29.2 Å². The Morgan fingerprint density at radius 1 is 1.50 bits per heavy atom. The Morgan fingerprint density at radius 2 is 2.19 bits per heavy atom. The number of ether oxygens (including phenoxy) is 1. The molecule has 0 fully saturated rings. The Balaban J connectivity index is 2.65. The quantitative estimate of drug-likeness (QED) is 0.849. The third-order valence-electron chi connectivity index (χ3n) is 2.25. The van der Waals surface area contributed by atoms with Gasteiger partial charge in [0.1, 0.15) is 0 Å². The summed E-state index contributed by atoms with van der Waals surface area (Å²) in [6.45, 7) is 0. The molecule has 0 amide bonds. The van der Waals surface area contributed by atoms with Gasteiger partial charge >= 0.3 is 5.97 Å². The molecule has 0 aliphatic rings. The maximum Gasteiger partial charge on any atom is 0.305 e. The van der Waals surface area contributed by atoms with Gasteiger partial charge in [-0.1, -0.05) is 29.3 Å². The third kappa shape index (κ3) is 3.67. The molecule has 1 rings (SSSR count). The van der Waals surface area contributed by atoms with Gasteiger partial charge < -0.3 is 10.5 Å². The molecule has 1 unspecified atom stereocenters. The fourth-order valence-electron chi connectivity index (χ4n) is 1.33. The molecular weight excluding hydrogens is 249 g/mol. The van der Waals surface area contributed by atoms with Crippen molar-refractivity contribution in [1.82, 2.24) is 0 Å². The molecule has 1 atom stereocenters. The van der Waals surface area contributed by atoms with Gasteiger partial charge in [-0.15, -0.1) is 0 Å². The lowest BCUT2D eigenvalue weighted by molar-refractivity contribution is -0.140. The molecule has 2 N–H and O–H groups in total. The Bertz CT molecular complexity index is 382. The third-order valence-corrected chi connectivity index (χ3v) is 2.81. The van der Waals surface area contributed by atoms with E-state index in [1.165, 1.54) is 7.11 Å². The van der Waals surface area contributed by atoms with Gasteiger partial charge in [0.05, 0.1) is 7.11 Å². The van der Waals surface area contributed by atoms with Crippen LogP contribution in [0.25, 0.3) is 0 Å². The molecule has 88 valence electrons. The van der Waals surface area contributed by atoms with Gasteiger partial charge in [-0.25, -0.2) is 0 Å². The highest BCUT2D eigenvalue weighted by Crippen LogP contribution is 2.27. The zero-order chi connectivity index (χ0) is 12.1. The second-order valence-corrected chi connectivity index (χ2v) is 4.23. The largest absolute Gasteiger partial charge is 0.469 e. The van der Waals surface area contributed by atoms with Crippen molar-refractivity contribution in [2.75, 3.05) is 7.11 Å². The van der Waals surface area contributed by atoms with Crippen LogP contribution < -0.4 is 5.73 Å². The summed E-state index contributed by atoms with van der Waals surface area (Å²) in [6.07, 6.45) is 0.768. The molecular formula is C11H13Cl2NO2. The van der Waals surface area contributed by atoms with Gasteiger partial charge in [0.25, 0.3) is 0 Å². The molecule has 0 aliphatic heterocycles. The van der Waals surface area contributed by atoms with Crippen molar-refractivity contribution in [3.8, 4) is 0 Å². The monoisotopic (exact) mass is 261 g/mol. The predicted octanol–water partition coefficient (Wildman–Crippen LogP) is 2.95. The van der Waals surface area contributed by atoms with Crippen LogP contribution in [0, 0.1) is 0 Å². The number of hydrogen-bond acceptors (Lipinski definition) is 3. The van der Waals surface area contributed by atoms with E-state index in [-0.39, 0.29) is 18.4 Å². The maximum absolute atomic E-state index is 11.0. The van der Waals surface area contributed by atoms with Gasteiger partial charge in [-0.2, -0.15) is 0 Å². The first-order valence-corrected chi connectivity index (χ1v) is 5.57. The Kier molecular flexibility index (Phi) is 5.06. The lowest BCUT2D eigenvalue weighted by Gasteiger charge is -2.13. The molecule has 0 spiro atoms. The first-order chi connectivity index (χ1) is 7.54. The van der Waals surface area contributed by atoms with Gasteiger partial charge in [0.15, 0.2) is 0 Å². The predicted molar refractivity (Wildman–Crippen MR) is 64.6 cm³/mol. The highest BCUT2D eigenvalue weighted by Gasteiger charge is 2.12. The zero-order valence-corrected chi connectivity index (χ0v) is 10.4. The minimum atomic E-state index is -0.288. The Hall–Kier alpha value is -0.770. The molecule has 3 nitrogen and oxygen atoms in total.